The fraction of sp³-hybridized carbons (Fsp3) is 0.308. The third-order valence-electron chi connectivity index (χ3n) is 3.18. The van der Waals surface area contributed by atoms with Gasteiger partial charge < -0.3 is 5.73 Å². The van der Waals surface area contributed by atoms with Crippen LogP contribution in [-0.4, -0.2) is 15.3 Å². The smallest absolute Gasteiger partial charge is 0.0831 e. The summed E-state index contributed by atoms with van der Waals surface area (Å²) >= 11 is 6.13. The molecule has 1 aromatic heterocycles. The minimum absolute atomic E-state index is 0.0222. The molecule has 2 N–H and O–H groups in total. The fourth-order valence-corrected chi connectivity index (χ4v) is 2.19. The van der Waals surface area contributed by atoms with Gasteiger partial charge in [0.1, 0.15) is 0 Å². The summed E-state index contributed by atoms with van der Waals surface area (Å²) in [6.45, 7) is 0. The van der Waals surface area contributed by atoms with Gasteiger partial charge in [-0.3, -0.25) is 0 Å². The van der Waals surface area contributed by atoms with Crippen molar-refractivity contribution in [3.05, 3.63) is 47.2 Å². The molecule has 0 radical (unpaired) electrons. The van der Waals surface area contributed by atoms with Gasteiger partial charge in [-0.15, -0.1) is 0 Å². The molecule has 0 bridgehead atoms. The molecule has 3 rings (SSSR count). The van der Waals surface area contributed by atoms with Crippen molar-refractivity contribution >= 4 is 11.6 Å². The molecule has 0 aliphatic heterocycles. The average molecular weight is 248 g/mol. The van der Waals surface area contributed by atoms with E-state index in [1.54, 1.807) is 0 Å². The van der Waals surface area contributed by atoms with Crippen molar-refractivity contribution in [2.45, 2.75) is 24.8 Å². The summed E-state index contributed by atoms with van der Waals surface area (Å²) in [5, 5.41) is 5.04. The van der Waals surface area contributed by atoms with Gasteiger partial charge in [0.05, 0.1) is 16.9 Å². The molecular formula is C13H14ClN3. The van der Waals surface area contributed by atoms with Crippen LogP contribution in [0.25, 0.3) is 5.69 Å². The molecule has 1 saturated carbocycles. The maximum absolute atomic E-state index is 6.13. The van der Waals surface area contributed by atoms with Crippen molar-refractivity contribution < 1.29 is 0 Å². The second kappa shape index (κ2) is 3.86. The molecule has 2 aromatic rings. The molecule has 0 atom stereocenters. The van der Waals surface area contributed by atoms with Crippen LogP contribution >= 0.6 is 11.6 Å². The van der Waals surface area contributed by atoms with E-state index < -0.39 is 0 Å². The monoisotopic (exact) mass is 247 g/mol. The molecule has 0 spiro atoms. The van der Waals surface area contributed by atoms with E-state index in [0.717, 1.165) is 24.9 Å². The first-order valence-electron chi connectivity index (χ1n) is 5.74. The van der Waals surface area contributed by atoms with Crippen LogP contribution in [0, 0.1) is 0 Å². The summed E-state index contributed by atoms with van der Waals surface area (Å²) < 4.78 is 1.81. The summed E-state index contributed by atoms with van der Waals surface area (Å²) in [6, 6.07) is 7.68. The third-order valence-corrected chi connectivity index (χ3v) is 3.50. The number of hydrogen-bond acceptors (Lipinski definition) is 2. The quantitative estimate of drug-likeness (QED) is 0.906. The van der Waals surface area contributed by atoms with E-state index in [4.69, 9.17) is 17.3 Å². The lowest BCUT2D eigenvalue weighted by molar-refractivity contribution is 0.672. The van der Waals surface area contributed by atoms with Crippen molar-refractivity contribution in [2.24, 2.45) is 5.73 Å². The first-order valence-corrected chi connectivity index (χ1v) is 6.11. The Labute approximate surface area is 105 Å². The molecule has 0 amide bonds. The summed E-state index contributed by atoms with van der Waals surface area (Å²) in [7, 11) is 0. The Hall–Kier alpha value is -1.32. The van der Waals surface area contributed by atoms with Gasteiger partial charge in [0, 0.05) is 11.7 Å². The standard InChI is InChI=1S/C13H14ClN3/c14-11-3-1-2-4-12(11)17-9-10(8-16-17)7-13(15)5-6-13/h1-4,8-9H,5-7,15H2. The van der Waals surface area contributed by atoms with E-state index >= 15 is 0 Å². The maximum Gasteiger partial charge on any atom is 0.0831 e. The number of nitrogens with zero attached hydrogens (tertiary/aromatic N) is 2. The van der Waals surface area contributed by atoms with Gasteiger partial charge in [0.15, 0.2) is 0 Å². The molecule has 88 valence electrons. The highest BCUT2D eigenvalue weighted by molar-refractivity contribution is 6.32. The number of para-hydroxylation sites is 1. The molecule has 1 aromatic carbocycles. The zero-order valence-electron chi connectivity index (χ0n) is 9.44. The van der Waals surface area contributed by atoms with E-state index in [1.165, 1.54) is 5.56 Å². The van der Waals surface area contributed by atoms with Gasteiger partial charge in [-0.05, 0) is 37.0 Å². The van der Waals surface area contributed by atoms with Gasteiger partial charge in [-0.1, -0.05) is 23.7 Å². The van der Waals surface area contributed by atoms with E-state index in [9.17, 15) is 0 Å². The predicted octanol–water partition coefficient (Wildman–Crippen LogP) is 2.56. The summed E-state index contributed by atoms with van der Waals surface area (Å²) in [5.41, 5.74) is 8.19. The van der Waals surface area contributed by atoms with Crippen molar-refractivity contribution in [3.8, 4) is 5.69 Å². The van der Waals surface area contributed by atoms with Gasteiger partial charge in [-0.25, -0.2) is 4.68 Å². The second-order valence-corrected chi connectivity index (χ2v) is 5.19. The summed E-state index contributed by atoms with van der Waals surface area (Å²) in [4.78, 5) is 0. The molecule has 1 heterocycles. The number of nitrogens with two attached hydrogens (primary N) is 1. The van der Waals surface area contributed by atoms with Gasteiger partial charge in [0.2, 0.25) is 0 Å². The summed E-state index contributed by atoms with van der Waals surface area (Å²) in [5.74, 6) is 0. The number of benzene rings is 1. The van der Waals surface area contributed by atoms with Crippen LogP contribution in [0.2, 0.25) is 5.02 Å². The predicted molar refractivity (Wildman–Crippen MR) is 68.4 cm³/mol. The van der Waals surface area contributed by atoms with Gasteiger partial charge in [0.25, 0.3) is 0 Å². The van der Waals surface area contributed by atoms with Crippen molar-refractivity contribution in [1.29, 1.82) is 0 Å². The van der Waals surface area contributed by atoms with E-state index in [1.807, 2.05) is 41.3 Å². The average Bonchev–Trinajstić information content (AvgIpc) is 2.86. The molecule has 0 saturated heterocycles. The Morgan fingerprint density at radius 3 is 2.82 bits per heavy atom. The van der Waals surface area contributed by atoms with Crippen LogP contribution in [0.15, 0.2) is 36.7 Å². The highest BCUT2D eigenvalue weighted by atomic mass is 35.5. The lowest BCUT2D eigenvalue weighted by Gasteiger charge is -2.05. The molecule has 0 unspecified atom stereocenters. The largest absolute Gasteiger partial charge is 0.325 e. The molecule has 1 aliphatic rings. The molecule has 3 nitrogen and oxygen atoms in total. The van der Waals surface area contributed by atoms with Crippen LogP contribution in [0.4, 0.5) is 0 Å². The Bertz CT molecular complexity index is 543. The first kappa shape index (κ1) is 10.8. The lowest BCUT2D eigenvalue weighted by atomic mass is 10.1. The summed E-state index contributed by atoms with van der Waals surface area (Å²) in [6.07, 6.45) is 7.01. The minimum atomic E-state index is 0.0222. The Morgan fingerprint density at radius 2 is 2.12 bits per heavy atom. The van der Waals surface area contributed by atoms with Crippen LogP contribution in [-0.2, 0) is 6.42 Å². The van der Waals surface area contributed by atoms with Gasteiger partial charge in [-0.2, -0.15) is 5.10 Å². The first-order chi connectivity index (χ1) is 8.16. The number of aromatic nitrogens is 2. The minimum Gasteiger partial charge on any atom is -0.325 e. The Kier molecular flexibility index (Phi) is 2.45. The number of rotatable bonds is 3. The van der Waals surface area contributed by atoms with Crippen LogP contribution < -0.4 is 5.73 Å². The third kappa shape index (κ3) is 2.21. The van der Waals surface area contributed by atoms with Crippen molar-refractivity contribution in [2.75, 3.05) is 0 Å². The number of hydrogen-bond donors (Lipinski definition) is 1. The topological polar surface area (TPSA) is 43.8 Å². The SMILES string of the molecule is NC1(Cc2cnn(-c3ccccc3Cl)c2)CC1. The molecular weight excluding hydrogens is 234 g/mol. The van der Waals surface area contributed by atoms with Crippen molar-refractivity contribution in [3.63, 3.8) is 0 Å². The second-order valence-electron chi connectivity index (χ2n) is 4.78. The van der Waals surface area contributed by atoms with Crippen molar-refractivity contribution in [1.82, 2.24) is 9.78 Å². The Balaban J connectivity index is 1.87. The highest BCUT2D eigenvalue weighted by Crippen LogP contribution is 2.35. The Morgan fingerprint density at radius 1 is 1.35 bits per heavy atom. The van der Waals surface area contributed by atoms with E-state index in [2.05, 4.69) is 5.10 Å². The van der Waals surface area contributed by atoms with Gasteiger partial charge >= 0.3 is 0 Å². The van der Waals surface area contributed by atoms with E-state index in [-0.39, 0.29) is 5.54 Å². The fourth-order valence-electron chi connectivity index (χ4n) is 1.96. The van der Waals surface area contributed by atoms with Crippen LogP contribution in [0.5, 0.6) is 0 Å². The highest BCUT2D eigenvalue weighted by Gasteiger charge is 2.38. The number of halogens is 1. The normalized spacial score (nSPS) is 17.1. The maximum atomic E-state index is 6.13. The van der Waals surface area contributed by atoms with Crippen LogP contribution in [0.3, 0.4) is 0 Å². The van der Waals surface area contributed by atoms with E-state index in [0.29, 0.717) is 5.02 Å². The van der Waals surface area contributed by atoms with Crippen LogP contribution in [0.1, 0.15) is 18.4 Å². The zero-order chi connectivity index (χ0) is 11.9. The molecule has 1 aliphatic carbocycles. The molecule has 1 fully saturated rings. The molecule has 17 heavy (non-hydrogen) atoms. The lowest BCUT2D eigenvalue weighted by Crippen LogP contribution is -2.24. The zero-order valence-corrected chi connectivity index (χ0v) is 10.2. The molecule has 4 heteroatoms.